The Morgan fingerprint density at radius 3 is 2.29 bits per heavy atom. The fourth-order valence-electron chi connectivity index (χ4n) is 3.58. The number of aryl methyl sites for hydroxylation is 2. The zero-order valence-corrected chi connectivity index (χ0v) is 18.8. The molecule has 1 aliphatic rings. The lowest BCUT2D eigenvalue weighted by atomic mass is 10.3. The number of carbonyl (C=O) groups is 1. The van der Waals surface area contributed by atoms with Crippen LogP contribution in [0.1, 0.15) is 20.2 Å². The summed E-state index contributed by atoms with van der Waals surface area (Å²) < 4.78 is 28.6. The summed E-state index contributed by atoms with van der Waals surface area (Å²) in [6.45, 7) is 4.62. The van der Waals surface area contributed by atoms with Crippen molar-refractivity contribution in [3.8, 4) is 5.69 Å². The zero-order chi connectivity index (χ0) is 22.2. The molecule has 1 amide bonds. The van der Waals surface area contributed by atoms with Gasteiger partial charge in [0.15, 0.2) is 0 Å². The number of thiophene rings is 1. The average molecular weight is 459 g/mol. The van der Waals surface area contributed by atoms with Gasteiger partial charge in [0.05, 0.1) is 10.6 Å². The van der Waals surface area contributed by atoms with Crippen molar-refractivity contribution >= 4 is 27.3 Å². The van der Waals surface area contributed by atoms with Crippen LogP contribution >= 0.6 is 11.3 Å². The molecule has 0 bridgehead atoms. The molecule has 1 saturated heterocycles. The molecule has 3 heterocycles. The molecule has 0 atom stereocenters. The summed E-state index contributed by atoms with van der Waals surface area (Å²) in [5.74, 6) is -0.329. The van der Waals surface area contributed by atoms with Crippen molar-refractivity contribution in [1.82, 2.24) is 19.0 Å². The highest BCUT2D eigenvalue weighted by molar-refractivity contribution is 7.89. The van der Waals surface area contributed by atoms with E-state index in [0.29, 0.717) is 10.6 Å². The second-order valence-electron chi connectivity index (χ2n) is 7.28. The molecule has 3 aromatic rings. The number of aromatic nitrogens is 2. The standard InChI is InChI=1S/C21H22N4O4S2/c1-15-14-19(16(2)30-15)31(28,29)24-12-10-23(11-13-24)21(27)18-8-9-20(26)25(22-18)17-6-4-3-5-7-17/h3-9,14H,10-13H2,1-2H3. The molecule has 1 fully saturated rings. The molecule has 0 radical (unpaired) electrons. The number of rotatable bonds is 4. The largest absolute Gasteiger partial charge is 0.335 e. The van der Waals surface area contributed by atoms with Crippen LogP contribution in [0, 0.1) is 13.8 Å². The van der Waals surface area contributed by atoms with Crippen molar-refractivity contribution in [2.24, 2.45) is 0 Å². The van der Waals surface area contributed by atoms with Crippen LogP contribution in [0.5, 0.6) is 0 Å². The van der Waals surface area contributed by atoms with Gasteiger partial charge in [-0.15, -0.1) is 11.3 Å². The fraction of sp³-hybridized carbons (Fsp3) is 0.286. The topological polar surface area (TPSA) is 92.6 Å². The van der Waals surface area contributed by atoms with Crippen LogP contribution in [-0.4, -0.2) is 59.5 Å². The number of amides is 1. The number of sulfonamides is 1. The van der Waals surface area contributed by atoms with Crippen LogP contribution in [0.4, 0.5) is 0 Å². The third-order valence-corrected chi connectivity index (χ3v) is 8.28. The summed E-state index contributed by atoms with van der Waals surface area (Å²) in [7, 11) is -3.59. The van der Waals surface area contributed by atoms with Crippen molar-refractivity contribution in [2.45, 2.75) is 18.7 Å². The number of carbonyl (C=O) groups excluding carboxylic acids is 1. The van der Waals surface area contributed by atoms with E-state index in [4.69, 9.17) is 0 Å². The highest BCUT2D eigenvalue weighted by atomic mass is 32.2. The monoisotopic (exact) mass is 458 g/mol. The van der Waals surface area contributed by atoms with E-state index in [2.05, 4.69) is 5.10 Å². The highest BCUT2D eigenvalue weighted by Gasteiger charge is 2.32. The lowest BCUT2D eigenvalue weighted by Gasteiger charge is -2.33. The first-order valence-corrected chi connectivity index (χ1v) is 12.1. The summed E-state index contributed by atoms with van der Waals surface area (Å²) in [6, 6.07) is 13.3. The number of benzene rings is 1. The van der Waals surface area contributed by atoms with Gasteiger partial charge < -0.3 is 4.90 Å². The molecule has 31 heavy (non-hydrogen) atoms. The molecule has 4 rings (SSSR count). The number of hydrogen-bond donors (Lipinski definition) is 0. The highest BCUT2D eigenvalue weighted by Crippen LogP contribution is 2.28. The van der Waals surface area contributed by atoms with Gasteiger partial charge in [0, 0.05) is 42.0 Å². The van der Waals surface area contributed by atoms with Gasteiger partial charge in [-0.3, -0.25) is 9.59 Å². The van der Waals surface area contributed by atoms with Crippen molar-refractivity contribution in [1.29, 1.82) is 0 Å². The van der Waals surface area contributed by atoms with Gasteiger partial charge in [0.1, 0.15) is 5.69 Å². The van der Waals surface area contributed by atoms with E-state index in [1.165, 1.54) is 32.5 Å². The Morgan fingerprint density at radius 2 is 1.68 bits per heavy atom. The van der Waals surface area contributed by atoms with E-state index in [-0.39, 0.29) is 43.3 Å². The van der Waals surface area contributed by atoms with E-state index >= 15 is 0 Å². The van der Waals surface area contributed by atoms with E-state index in [1.54, 1.807) is 42.2 Å². The quantitative estimate of drug-likeness (QED) is 0.597. The number of para-hydroxylation sites is 1. The first kappa shape index (κ1) is 21.4. The summed E-state index contributed by atoms with van der Waals surface area (Å²) >= 11 is 1.46. The SMILES string of the molecule is Cc1cc(S(=O)(=O)N2CCN(C(=O)c3ccc(=O)n(-c4ccccc4)n3)CC2)c(C)s1. The molecular weight excluding hydrogens is 436 g/mol. The summed E-state index contributed by atoms with van der Waals surface area (Å²) in [4.78, 5) is 28.8. The predicted octanol–water partition coefficient (Wildman–Crippen LogP) is 2.06. The fourth-order valence-corrected chi connectivity index (χ4v) is 6.52. The van der Waals surface area contributed by atoms with Crippen molar-refractivity contribution in [3.05, 3.63) is 74.3 Å². The zero-order valence-electron chi connectivity index (χ0n) is 17.2. The summed E-state index contributed by atoms with van der Waals surface area (Å²) in [5.41, 5.74) is 0.378. The summed E-state index contributed by atoms with van der Waals surface area (Å²) in [5, 5.41) is 4.23. The molecule has 162 valence electrons. The normalized spacial score (nSPS) is 15.2. The maximum absolute atomic E-state index is 13.0. The third-order valence-electron chi connectivity index (χ3n) is 5.16. The Labute approximate surface area is 184 Å². The second kappa shape index (κ2) is 8.37. The van der Waals surface area contributed by atoms with Gasteiger partial charge in [-0.2, -0.15) is 14.1 Å². The molecule has 2 aromatic heterocycles. The van der Waals surface area contributed by atoms with Crippen LogP contribution in [0.25, 0.3) is 5.69 Å². The second-order valence-corrected chi connectivity index (χ2v) is 10.6. The minimum absolute atomic E-state index is 0.143. The molecule has 0 aliphatic carbocycles. The Kier molecular flexibility index (Phi) is 5.78. The number of hydrogen-bond acceptors (Lipinski definition) is 6. The molecule has 8 nitrogen and oxygen atoms in total. The van der Waals surface area contributed by atoms with Crippen LogP contribution < -0.4 is 5.56 Å². The molecule has 10 heteroatoms. The maximum Gasteiger partial charge on any atom is 0.274 e. The first-order chi connectivity index (χ1) is 14.8. The Morgan fingerprint density at radius 1 is 1.00 bits per heavy atom. The molecule has 1 aromatic carbocycles. The smallest absolute Gasteiger partial charge is 0.274 e. The van der Waals surface area contributed by atoms with Crippen LogP contribution in [0.2, 0.25) is 0 Å². The van der Waals surface area contributed by atoms with E-state index < -0.39 is 10.0 Å². The van der Waals surface area contributed by atoms with E-state index in [0.717, 1.165) is 9.75 Å². The van der Waals surface area contributed by atoms with Crippen LogP contribution in [-0.2, 0) is 10.0 Å². The van der Waals surface area contributed by atoms with Gasteiger partial charge in [-0.05, 0) is 38.1 Å². The number of nitrogens with zero attached hydrogens (tertiary/aromatic N) is 4. The van der Waals surface area contributed by atoms with E-state index in [1.807, 2.05) is 13.0 Å². The van der Waals surface area contributed by atoms with Gasteiger partial charge in [0.2, 0.25) is 10.0 Å². The molecular formula is C21H22N4O4S2. The maximum atomic E-state index is 13.0. The van der Waals surface area contributed by atoms with Gasteiger partial charge >= 0.3 is 0 Å². The van der Waals surface area contributed by atoms with Gasteiger partial charge in [-0.25, -0.2) is 8.42 Å². The minimum Gasteiger partial charge on any atom is -0.335 e. The van der Waals surface area contributed by atoms with E-state index in [9.17, 15) is 18.0 Å². The van der Waals surface area contributed by atoms with Gasteiger partial charge in [0.25, 0.3) is 11.5 Å². The molecule has 0 saturated carbocycles. The summed E-state index contributed by atoms with van der Waals surface area (Å²) in [6.07, 6.45) is 0. The van der Waals surface area contributed by atoms with Gasteiger partial charge in [-0.1, -0.05) is 18.2 Å². The Balaban J connectivity index is 1.50. The number of piperazine rings is 1. The third kappa shape index (κ3) is 4.18. The Hall–Kier alpha value is -2.82. The molecule has 0 N–H and O–H groups in total. The molecule has 0 unspecified atom stereocenters. The lowest BCUT2D eigenvalue weighted by Crippen LogP contribution is -2.50. The van der Waals surface area contributed by atoms with Crippen molar-refractivity contribution in [3.63, 3.8) is 0 Å². The van der Waals surface area contributed by atoms with Crippen molar-refractivity contribution < 1.29 is 13.2 Å². The first-order valence-electron chi connectivity index (χ1n) is 9.79. The molecule has 0 spiro atoms. The van der Waals surface area contributed by atoms with Crippen LogP contribution in [0.15, 0.2) is 58.2 Å². The minimum atomic E-state index is -3.59. The Bertz CT molecular complexity index is 1270. The average Bonchev–Trinajstić information content (AvgIpc) is 3.13. The lowest BCUT2D eigenvalue weighted by molar-refractivity contribution is 0.0690. The van der Waals surface area contributed by atoms with Crippen molar-refractivity contribution in [2.75, 3.05) is 26.2 Å². The van der Waals surface area contributed by atoms with Crippen LogP contribution in [0.3, 0.4) is 0 Å². The molecule has 1 aliphatic heterocycles. The predicted molar refractivity (Wildman–Crippen MR) is 118 cm³/mol.